The number of imidazole rings is 2. The molecule has 0 bridgehead atoms. The van der Waals surface area contributed by atoms with Crippen molar-refractivity contribution >= 4 is 30.8 Å². The van der Waals surface area contributed by atoms with Gasteiger partial charge in [0.15, 0.2) is 17.4 Å². The first-order chi connectivity index (χ1) is 15.7. The summed E-state index contributed by atoms with van der Waals surface area (Å²) in [7, 11) is -2.76. The van der Waals surface area contributed by atoms with Crippen LogP contribution in [0.15, 0.2) is 29.8 Å². The minimum Gasteiger partial charge on any atom is -0.376 e. The van der Waals surface area contributed by atoms with Gasteiger partial charge in [-0.25, -0.2) is 18.9 Å². The number of H-pyrrole nitrogens is 1. The van der Waals surface area contributed by atoms with Crippen LogP contribution in [0.5, 0.6) is 0 Å². The van der Waals surface area contributed by atoms with Gasteiger partial charge in [-0.15, -0.1) is 0 Å². The molecule has 0 radical (unpaired) electrons. The lowest BCUT2D eigenvalue weighted by atomic mass is 9.98. The minimum absolute atomic E-state index is 0.0562. The first-order valence-corrected chi connectivity index (χ1v) is 11.4. The van der Waals surface area contributed by atoms with E-state index in [0.29, 0.717) is 0 Å². The van der Waals surface area contributed by atoms with Crippen molar-refractivity contribution in [3.63, 3.8) is 0 Å². The van der Waals surface area contributed by atoms with E-state index in [1.54, 1.807) is 0 Å². The predicted octanol–water partition coefficient (Wildman–Crippen LogP) is -0.772. The van der Waals surface area contributed by atoms with E-state index in [4.69, 9.17) is 19.7 Å². The van der Waals surface area contributed by atoms with Gasteiger partial charge in [-0.05, 0) is 0 Å². The van der Waals surface area contributed by atoms with Crippen LogP contribution in [0.1, 0.15) is 13.2 Å². The van der Waals surface area contributed by atoms with Crippen molar-refractivity contribution in [2.75, 3.05) is 26.0 Å². The molecule has 1 fully saturated rings. The quantitative estimate of drug-likeness (QED) is 0.294. The number of fused-ring (bicyclic) bond motifs is 1. The summed E-state index contributed by atoms with van der Waals surface area (Å²) in [6.45, 7) is 1.21. The highest BCUT2D eigenvalue weighted by Crippen LogP contribution is 2.45. The zero-order chi connectivity index (χ0) is 23.8. The van der Waals surface area contributed by atoms with Gasteiger partial charge in [0, 0.05) is 38.9 Å². The van der Waals surface area contributed by atoms with Gasteiger partial charge in [-0.2, -0.15) is 4.98 Å². The third kappa shape index (κ3) is 4.54. The zero-order valence-corrected chi connectivity index (χ0v) is 18.6. The van der Waals surface area contributed by atoms with Gasteiger partial charge in [-0.1, -0.05) is 0 Å². The molecule has 5 atom stereocenters. The number of hydrogen-bond acceptors (Lipinski definition) is 10. The highest BCUT2D eigenvalue weighted by Gasteiger charge is 2.47. The molecule has 15 nitrogen and oxygen atoms in total. The van der Waals surface area contributed by atoms with E-state index >= 15 is 0 Å². The minimum atomic E-state index is -4.22. The topological polar surface area (TPSA) is 202 Å². The predicted molar refractivity (Wildman–Crippen MR) is 113 cm³/mol. The van der Waals surface area contributed by atoms with Crippen LogP contribution in [0.25, 0.3) is 11.2 Å². The van der Waals surface area contributed by atoms with E-state index in [1.807, 2.05) is 0 Å². The normalized spacial score (nSPS) is 24.7. The lowest BCUT2D eigenvalue weighted by Gasteiger charge is -2.23. The highest BCUT2D eigenvalue weighted by atomic mass is 31.2. The number of nitrogen functional groups attached to an aromatic ring is 1. The van der Waals surface area contributed by atoms with Gasteiger partial charge >= 0.3 is 7.75 Å². The van der Waals surface area contributed by atoms with Crippen LogP contribution in [-0.4, -0.2) is 72.1 Å². The molecule has 1 amide bonds. The maximum Gasteiger partial charge on any atom is 0.437 e. The second-order valence-corrected chi connectivity index (χ2v) is 9.07. The average molecular weight is 482 g/mol. The SMILES string of the molecule is CO[C@@H]1[C@H](CNC(C)=O)[C@@H](COP(=O)(O)n2ccnc2)O[C@H]1n1cnc2c(=O)[nH]c(N)nc21. The molecule has 4 rings (SSSR count). The van der Waals surface area contributed by atoms with Gasteiger partial charge in [0.05, 0.1) is 19.0 Å². The summed E-state index contributed by atoms with van der Waals surface area (Å²) in [6, 6.07) is 0. The van der Waals surface area contributed by atoms with Gasteiger partial charge in [0.2, 0.25) is 11.9 Å². The molecular formula is C17H23N8O7P. The summed E-state index contributed by atoms with van der Waals surface area (Å²) in [6.07, 6.45) is 2.91. The van der Waals surface area contributed by atoms with Gasteiger partial charge in [-0.3, -0.25) is 23.7 Å². The fourth-order valence-corrected chi connectivity index (χ4v) is 4.63. The second-order valence-electron chi connectivity index (χ2n) is 7.37. The number of aromatic amines is 1. The Morgan fingerprint density at radius 1 is 1.45 bits per heavy atom. The number of ether oxygens (including phenoxy) is 2. The number of methoxy groups -OCH3 is 1. The van der Waals surface area contributed by atoms with Crippen LogP contribution >= 0.6 is 7.75 Å². The maximum absolute atomic E-state index is 12.5. The van der Waals surface area contributed by atoms with E-state index in [-0.39, 0.29) is 36.2 Å². The molecule has 0 spiro atoms. The zero-order valence-electron chi connectivity index (χ0n) is 17.7. The lowest BCUT2D eigenvalue weighted by Crippen LogP contribution is -2.39. The fourth-order valence-electron chi connectivity index (χ4n) is 3.74. The van der Waals surface area contributed by atoms with E-state index in [2.05, 4.69) is 25.3 Å². The molecule has 178 valence electrons. The molecule has 3 aromatic rings. The molecule has 1 unspecified atom stereocenters. The van der Waals surface area contributed by atoms with Gasteiger partial charge in [0.25, 0.3) is 5.56 Å². The van der Waals surface area contributed by atoms with E-state index in [9.17, 15) is 19.0 Å². The Balaban J connectivity index is 1.64. The van der Waals surface area contributed by atoms with Crippen LogP contribution in [0.3, 0.4) is 0 Å². The molecule has 16 heteroatoms. The van der Waals surface area contributed by atoms with Crippen LogP contribution in [0.4, 0.5) is 5.95 Å². The smallest absolute Gasteiger partial charge is 0.376 e. The molecular weight excluding hydrogens is 459 g/mol. The van der Waals surface area contributed by atoms with E-state index in [1.165, 1.54) is 37.3 Å². The van der Waals surface area contributed by atoms with E-state index < -0.39 is 37.7 Å². The Bertz CT molecular complexity index is 1240. The standard InChI is InChI=1S/C17H23N8O7P/c1-9(26)20-5-10-11(6-31-33(28,29)24-4-3-19-7-24)32-16(13(10)30-2)25-8-21-12-14(25)22-17(18)23-15(12)27/h3-4,7-8,10-11,13,16H,5-6H2,1-2H3,(H,20,26)(H,28,29)(H3,18,22,23,27)/t10-,11-,13-,16-/m1/s1. The second kappa shape index (κ2) is 9.03. The number of anilines is 1. The monoisotopic (exact) mass is 482 g/mol. The van der Waals surface area contributed by atoms with Crippen molar-refractivity contribution in [3.8, 4) is 0 Å². The number of aromatic nitrogens is 6. The van der Waals surface area contributed by atoms with Crippen molar-refractivity contribution in [3.05, 3.63) is 35.4 Å². The number of nitrogens with one attached hydrogen (secondary N) is 2. The Kier molecular flexibility index (Phi) is 6.32. The number of nitrogens with two attached hydrogens (primary N) is 1. The lowest BCUT2D eigenvalue weighted by molar-refractivity contribution is -0.119. The average Bonchev–Trinajstić information content (AvgIpc) is 3.48. The van der Waals surface area contributed by atoms with Crippen molar-refractivity contribution in [2.45, 2.75) is 25.4 Å². The maximum atomic E-state index is 12.5. The molecule has 0 saturated carbocycles. The molecule has 5 N–H and O–H groups in total. The number of nitrogens with zero attached hydrogens (tertiary/aromatic N) is 5. The fraction of sp³-hybridized carbons (Fsp3) is 0.471. The number of hydrogen-bond donors (Lipinski definition) is 4. The summed E-state index contributed by atoms with van der Waals surface area (Å²) < 4.78 is 32.1. The number of rotatable bonds is 8. The molecule has 3 aromatic heterocycles. The molecule has 1 aliphatic rings. The third-order valence-corrected chi connectivity index (χ3v) is 6.57. The molecule has 1 aliphatic heterocycles. The Morgan fingerprint density at radius 3 is 2.91 bits per heavy atom. The van der Waals surface area contributed by atoms with Crippen molar-refractivity contribution < 1.29 is 28.3 Å². The third-order valence-electron chi connectivity index (χ3n) is 5.27. The van der Waals surface area contributed by atoms with Crippen LogP contribution < -0.4 is 16.6 Å². The molecule has 33 heavy (non-hydrogen) atoms. The summed E-state index contributed by atoms with van der Waals surface area (Å²) in [4.78, 5) is 48.3. The van der Waals surface area contributed by atoms with Gasteiger partial charge in [0.1, 0.15) is 12.4 Å². The summed E-state index contributed by atoms with van der Waals surface area (Å²) in [5.41, 5.74) is 5.40. The first-order valence-electron chi connectivity index (χ1n) is 9.82. The summed E-state index contributed by atoms with van der Waals surface area (Å²) in [5.74, 6) is -0.853. The Morgan fingerprint density at radius 2 is 2.24 bits per heavy atom. The highest BCUT2D eigenvalue weighted by molar-refractivity contribution is 7.51. The first kappa shape index (κ1) is 23.1. The number of amides is 1. The summed E-state index contributed by atoms with van der Waals surface area (Å²) >= 11 is 0. The van der Waals surface area contributed by atoms with Crippen LogP contribution in [0, 0.1) is 5.92 Å². The Labute approximate surface area is 186 Å². The van der Waals surface area contributed by atoms with Crippen molar-refractivity contribution in [1.29, 1.82) is 0 Å². The van der Waals surface area contributed by atoms with Crippen molar-refractivity contribution in [2.24, 2.45) is 5.92 Å². The number of carbonyl (C=O) groups excluding carboxylic acids is 1. The van der Waals surface area contributed by atoms with Gasteiger partial charge < -0.3 is 25.4 Å². The van der Waals surface area contributed by atoms with Crippen LogP contribution in [-0.2, 0) is 23.4 Å². The Hall–Kier alpha value is -3.10. The largest absolute Gasteiger partial charge is 0.437 e. The molecule has 0 aliphatic carbocycles. The molecule has 0 aromatic carbocycles. The molecule has 4 heterocycles. The summed E-state index contributed by atoms with van der Waals surface area (Å²) in [5, 5.41) is 2.71. The molecule has 1 saturated heterocycles. The van der Waals surface area contributed by atoms with Crippen molar-refractivity contribution in [1.82, 2.24) is 34.2 Å². The van der Waals surface area contributed by atoms with E-state index in [0.717, 1.165) is 10.7 Å². The number of carbonyl (C=O) groups is 1. The van der Waals surface area contributed by atoms with Crippen LogP contribution in [0.2, 0.25) is 0 Å².